The Balaban J connectivity index is 3.01. The number of halogens is 1. The van der Waals surface area contributed by atoms with Gasteiger partial charge in [0.05, 0.1) is 6.20 Å². The predicted molar refractivity (Wildman–Crippen MR) is 29.7 cm³/mol. The van der Waals surface area contributed by atoms with E-state index in [1.807, 2.05) is 0 Å². The standard InChI is InChI=1S/C5H3FN2O/c6-4-1-2-5(8-9)7-3-4/h1-3H. The van der Waals surface area contributed by atoms with Crippen molar-refractivity contribution in [3.8, 4) is 0 Å². The third-order valence-electron chi connectivity index (χ3n) is 0.805. The van der Waals surface area contributed by atoms with Crippen molar-refractivity contribution in [2.75, 3.05) is 0 Å². The molecule has 0 fully saturated rings. The summed E-state index contributed by atoms with van der Waals surface area (Å²) in [6, 6.07) is 2.34. The fourth-order valence-electron chi connectivity index (χ4n) is 0.422. The average Bonchev–Trinajstić information content (AvgIpc) is 1.90. The largest absolute Gasteiger partial charge is 0.231 e. The molecule has 0 aliphatic carbocycles. The van der Waals surface area contributed by atoms with Crippen LogP contribution in [0, 0.1) is 10.7 Å². The summed E-state index contributed by atoms with van der Waals surface area (Å²) in [5.74, 6) is -0.473. The van der Waals surface area contributed by atoms with Gasteiger partial charge in [0.25, 0.3) is 0 Å². The molecule has 0 atom stereocenters. The minimum Gasteiger partial charge on any atom is -0.231 e. The molecular weight excluding hydrogens is 123 g/mol. The van der Waals surface area contributed by atoms with Crippen LogP contribution in [0.4, 0.5) is 10.2 Å². The van der Waals surface area contributed by atoms with Gasteiger partial charge in [-0.05, 0) is 17.3 Å². The molecule has 0 spiro atoms. The van der Waals surface area contributed by atoms with Crippen molar-refractivity contribution in [3.63, 3.8) is 0 Å². The van der Waals surface area contributed by atoms with E-state index in [-0.39, 0.29) is 5.82 Å². The molecule has 0 N–H and O–H groups in total. The van der Waals surface area contributed by atoms with E-state index in [0.717, 1.165) is 12.3 Å². The fourth-order valence-corrected chi connectivity index (χ4v) is 0.422. The summed E-state index contributed by atoms with van der Waals surface area (Å²) in [5.41, 5.74) is 0. The maximum Gasteiger partial charge on any atom is 0.196 e. The quantitative estimate of drug-likeness (QED) is 0.536. The van der Waals surface area contributed by atoms with Gasteiger partial charge < -0.3 is 0 Å². The first-order valence-corrected chi connectivity index (χ1v) is 2.28. The van der Waals surface area contributed by atoms with Crippen molar-refractivity contribution in [2.24, 2.45) is 5.18 Å². The summed E-state index contributed by atoms with van der Waals surface area (Å²) < 4.78 is 12.0. The molecule has 0 aliphatic rings. The lowest BCUT2D eigenvalue weighted by Gasteiger charge is -1.84. The Kier molecular flexibility index (Phi) is 1.48. The van der Waals surface area contributed by atoms with Crippen molar-refractivity contribution in [2.45, 2.75) is 0 Å². The minimum atomic E-state index is -0.470. The van der Waals surface area contributed by atoms with Crippen LogP contribution in [0.25, 0.3) is 0 Å². The Morgan fingerprint density at radius 3 is 2.78 bits per heavy atom. The molecule has 0 aliphatic heterocycles. The first kappa shape index (κ1) is 5.81. The van der Waals surface area contributed by atoms with Gasteiger partial charge in [0.15, 0.2) is 5.82 Å². The van der Waals surface area contributed by atoms with Gasteiger partial charge in [0.1, 0.15) is 5.82 Å². The summed E-state index contributed by atoms with van der Waals surface area (Å²) in [6.45, 7) is 0. The normalized spacial score (nSPS) is 9.00. The number of nitroso groups, excluding NO2 is 1. The second kappa shape index (κ2) is 2.30. The van der Waals surface area contributed by atoms with Crippen LogP contribution in [0.15, 0.2) is 23.5 Å². The smallest absolute Gasteiger partial charge is 0.196 e. The summed E-state index contributed by atoms with van der Waals surface area (Å²) in [6.07, 6.45) is 0.941. The molecule has 1 heterocycles. The molecule has 1 aromatic heterocycles. The Morgan fingerprint density at radius 1 is 1.56 bits per heavy atom. The number of rotatable bonds is 1. The maximum atomic E-state index is 12.0. The summed E-state index contributed by atoms with van der Waals surface area (Å²) >= 11 is 0. The van der Waals surface area contributed by atoms with Crippen LogP contribution in [0.2, 0.25) is 0 Å². The van der Waals surface area contributed by atoms with E-state index in [1.54, 1.807) is 0 Å². The first-order chi connectivity index (χ1) is 4.33. The lowest BCUT2D eigenvalue weighted by Crippen LogP contribution is -1.74. The van der Waals surface area contributed by atoms with Gasteiger partial charge in [-0.2, -0.15) is 0 Å². The van der Waals surface area contributed by atoms with Crippen molar-refractivity contribution >= 4 is 5.82 Å². The highest BCUT2D eigenvalue weighted by molar-refractivity contribution is 5.24. The maximum absolute atomic E-state index is 12.0. The molecule has 0 bridgehead atoms. The molecule has 3 nitrogen and oxygen atoms in total. The highest BCUT2D eigenvalue weighted by Crippen LogP contribution is 2.05. The average molecular weight is 126 g/mol. The molecule has 9 heavy (non-hydrogen) atoms. The third-order valence-corrected chi connectivity index (χ3v) is 0.805. The van der Waals surface area contributed by atoms with Crippen LogP contribution in [0.5, 0.6) is 0 Å². The van der Waals surface area contributed by atoms with Gasteiger partial charge in [0.2, 0.25) is 0 Å². The van der Waals surface area contributed by atoms with E-state index < -0.39 is 5.82 Å². The van der Waals surface area contributed by atoms with E-state index in [9.17, 15) is 9.30 Å². The molecular formula is C5H3FN2O. The second-order valence-corrected chi connectivity index (χ2v) is 1.43. The Morgan fingerprint density at radius 2 is 2.33 bits per heavy atom. The molecule has 4 heteroatoms. The second-order valence-electron chi connectivity index (χ2n) is 1.43. The van der Waals surface area contributed by atoms with Crippen molar-refractivity contribution in [1.82, 2.24) is 4.98 Å². The van der Waals surface area contributed by atoms with Gasteiger partial charge in [-0.1, -0.05) is 0 Å². The van der Waals surface area contributed by atoms with E-state index in [1.165, 1.54) is 6.07 Å². The zero-order valence-corrected chi connectivity index (χ0v) is 4.41. The molecule has 0 saturated heterocycles. The zero-order chi connectivity index (χ0) is 6.69. The number of nitrogens with zero attached hydrogens (tertiary/aromatic N) is 2. The predicted octanol–water partition coefficient (Wildman–Crippen LogP) is 1.62. The van der Waals surface area contributed by atoms with Gasteiger partial charge in [0, 0.05) is 0 Å². The van der Waals surface area contributed by atoms with Crippen LogP contribution >= 0.6 is 0 Å². The Labute approximate surface area is 50.5 Å². The summed E-state index contributed by atoms with van der Waals surface area (Å²) in [4.78, 5) is 13.0. The van der Waals surface area contributed by atoms with E-state index in [2.05, 4.69) is 10.2 Å². The number of pyridine rings is 1. The Hall–Kier alpha value is -1.32. The lowest BCUT2D eigenvalue weighted by molar-refractivity contribution is 0.621. The molecule has 0 radical (unpaired) electrons. The molecule has 46 valence electrons. The van der Waals surface area contributed by atoms with Crippen LogP contribution in [0.3, 0.4) is 0 Å². The number of aromatic nitrogens is 1. The summed E-state index contributed by atoms with van der Waals surface area (Å²) in [7, 11) is 0. The van der Waals surface area contributed by atoms with Crippen molar-refractivity contribution in [3.05, 3.63) is 29.1 Å². The van der Waals surface area contributed by atoms with E-state index >= 15 is 0 Å². The van der Waals surface area contributed by atoms with Gasteiger partial charge in [-0.15, -0.1) is 4.91 Å². The van der Waals surface area contributed by atoms with Crippen LogP contribution in [-0.4, -0.2) is 4.98 Å². The van der Waals surface area contributed by atoms with Gasteiger partial charge in [-0.25, -0.2) is 9.37 Å². The van der Waals surface area contributed by atoms with E-state index in [4.69, 9.17) is 0 Å². The molecule has 0 saturated carbocycles. The fraction of sp³-hybridized carbons (Fsp3) is 0. The van der Waals surface area contributed by atoms with Crippen LogP contribution in [0.1, 0.15) is 0 Å². The third kappa shape index (κ3) is 1.28. The topological polar surface area (TPSA) is 42.3 Å². The Bertz CT molecular complexity index is 209. The minimum absolute atomic E-state index is 0.00333. The molecule has 1 rings (SSSR count). The first-order valence-electron chi connectivity index (χ1n) is 2.28. The van der Waals surface area contributed by atoms with Crippen molar-refractivity contribution < 1.29 is 4.39 Å². The molecule has 0 amide bonds. The van der Waals surface area contributed by atoms with Crippen LogP contribution in [-0.2, 0) is 0 Å². The lowest BCUT2D eigenvalue weighted by atomic mass is 10.5. The number of hydrogen-bond donors (Lipinski definition) is 0. The highest BCUT2D eigenvalue weighted by Gasteiger charge is 1.90. The van der Waals surface area contributed by atoms with E-state index in [0.29, 0.717) is 0 Å². The van der Waals surface area contributed by atoms with Crippen LogP contribution < -0.4 is 0 Å². The van der Waals surface area contributed by atoms with Gasteiger partial charge >= 0.3 is 0 Å². The summed E-state index contributed by atoms with van der Waals surface area (Å²) in [5, 5.41) is 2.48. The molecule has 0 aromatic carbocycles. The molecule has 0 unspecified atom stereocenters. The molecule has 1 aromatic rings. The zero-order valence-electron chi connectivity index (χ0n) is 4.41. The number of hydrogen-bond acceptors (Lipinski definition) is 3. The van der Waals surface area contributed by atoms with Gasteiger partial charge in [-0.3, -0.25) is 0 Å². The van der Waals surface area contributed by atoms with Crippen molar-refractivity contribution in [1.29, 1.82) is 0 Å². The highest BCUT2D eigenvalue weighted by atomic mass is 19.1. The monoisotopic (exact) mass is 126 g/mol. The SMILES string of the molecule is O=Nc1ccc(F)cn1.